The van der Waals surface area contributed by atoms with Crippen molar-refractivity contribution in [2.24, 2.45) is 0 Å². The third kappa shape index (κ3) is 2.23. The maximum absolute atomic E-state index is 12.8. The van der Waals surface area contributed by atoms with Gasteiger partial charge in [-0.2, -0.15) is 8.42 Å². The molecule has 1 N–H and O–H groups in total. The molecule has 17 heavy (non-hydrogen) atoms. The van der Waals surface area contributed by atoms with Gasteiger partial charge in [0.25, 0.3) is 0 Å². The Kier molecular flexibility index (Phi) is 2.78. The normalized spacial score (nSPS) is 20.9. The first-order chi connectivity index (χ1) is 7.89. The largest absolute Gasteiger partial charge is 0.506 e. The zero-order valence-corrected chi connectivity index (χ0v) is 9.52. The lowest BCUT2D eigenvalue weighted by atomic mass is 10.2. The van der Waals surface area contributed by atoms with E-state index in [1.54, 1.807) is 12.1 Å². The number of benzene rings is 1. The van der Waals surface area contributed by atoms with Gasteiger partial charge in [-0.15, -0.1) is 3.89 Å². The Hall–Kier alpha value is -1.63. The van der Waals surface area contributed by atoms with Crippen LogP contribution in [0.5, 0.6) is 5.75 Å². The number of nitrogens with zero attached hydrogens (tertiary/aromatic N) is 1. The molecular weight excluding hydrogens is 249 g/mol. The molecule has 0 aliphatic carbocycles. The minimum absolute atomic E-state index is 0.141. The first kappa shape index (κ1) is 11.8. The Labute approximate surface area is 97.7 Å². The Balaban J connectivity index is 2.31. The summed E-state index contributed by atoms with van der Waals surface area (Å²) in [5.41, 5.74) is 0.198. The van der Waals surface area contributed by atoms with Crippen molar-refractivity contribution in [1.82, 2.24) is 0 Å². The average molecular weight is 259 g/mol. The third-order valence-electron chi connectivity index (χ3n) is 2.66. The summed E-state index contributed by atoms with van der Waals surface area (Å²) in [6.45, 7) is -0.269. The number of rotatable bonds is 2. The van der Waals surface area contributed by atoms with Crippen LogP contribution >= 0.6 is 0 Å². The van der Waals surface area contributed by atoms with Crippen LogP contribution in [0.15, 0.2) is 24.3 Å². The number of hydrogen-bond acceptors (Lipinski definition) is 4. The lowest BCUT2D eigenvalue weighted by molar-refractivity contribution is -0.117. The second kappa shape index (κ2) is 3.99. The van der Waals surface area contributed by atoms with Crippen molar-refractivity contribution in [1.29, 1.82) is 0 Å². The first-order valence-corrected chi connectivity index (χ1v) is 6.36. The minimum atomic E-state index is -4.73. The van der Waals surface area contributed by atoms with Crippen LogP contribution in [0.1, 0.15) is 6.42 Å². The molecule has 92 valence electrons. The molecule has 1 atom stereocenters. The van der Waals surface area contributed by atoms with Crippen molar-refractivity contribution < 1.29 is 22.2 Å². The molecule has 1 fully saturated rings. The van der Waals surface area contributed by atoms with E-state index in [1.807, 2.05) is 0 Å². The maximum Gasteiger partial charge on any atom is 0.307 e. The number of carbonyl (C=O) groups is 1. The quantitative estimate of drug-likeness (QED) is 0.797. The summed E-state index contributed by atoms with van der Waals surface area (Å²) in [5.74, 6) is -0.657. The Morgan fingerprint density at radius 2 is 2.00 bits per heavy atom. The van der Waals surface area contributed by atoms with Crippen LogP contribution in [0, 0.1) is 0 Å². The van der Waals surface area contributed by atoms with Crippen molar-refractivity contribution in [2.45, 2.75) is 11.7 Å². The summed E-state index contributed by atoms with van der Waals surface area (Å²) in [4.78, 5) is 12.6. The van der Waals surface area contributed by atoms with E-state index in [-0.39, 0.29) is 18.0 Å². The summed E-state index contributed by atoms with van der Waals surface area (Å²) in [6, 6.07) is 6.02. The van der Waals surface area contributed by atoms with Crippen molar-refractivity contribution >= 4 is 21.8 Å². The summed E-state index contributed by atoms with van der Waals surface area (Å²) < 4.78 is 34.3. The van der Waals surface area contributed by atoms with E-state index >= 15 is 0 Å². The number of phenolic OH excluding ortho intramolecular Hbond substituents is 1. The van der Waals surface area contributed by atoms with Crippen molar-refractivity contribution in [3.05, 3.63) is 24.3 Å². The van der Waals surface area contributed by atoms with Gasteiger partial charge in [-0.25, -0.2) is 0 Å². The minimum Gasteiger partial charge on any atom is -0.506 e. The molecule has 7 heteroatoms. The molecule has 0 aromatic heterocycles. The zero-order valence-electron chi connectivity index (χ0n) is 8.71. The fourth-order valence-electron chi connectivity index (χ4n) is 1.79. The van der Waals surface area contributed by atoms with E-state index in [4.69, 9.17) is 0 Å². The fraction of sp³-hybridized carbons (Fsp3) is 0.300. The summed E-state index contributed by atoms with van der Waals surface area (Å²) in [7, 11) is -4.73. The third-order valence-corrected chi connectivity index (χ3v) is 3.77. The SMILES string of the molecule is O=C1CC(S(=O)(=O)F)CN1c1ccccc1O. The lowest BCUT2D eigenvalue weighted by Crippen LogP contribution is -2.26. The topological polar surface area (TPSA) is 74.7 Å². The van der Waals surface area contributed by atoms with Gasteiger partial charge >= 0.3 is 10.2 Å². The second-order valence-electron chi connectivity index (χ2n) is 3.79. The fourth-order valence-corrected chi connectivity index (χ4v) is 2.46. The van der Waals surface area contributed by atoms with Gasteiger partial charge in [-0.05, 0) is 12.1 Å². The van der Waals surface area contributed by atoms with Crippen LogP contribution < -0.4 is 4.90 Å². The second-order valence-corrected chi connectivity index (χ2v) is 5.41. The summed E-state index contributed by atoms with van der Waals surface area (Å²) in [5, 5.41) is 8.19. The summed E-state index contributed by atoms with van der Waals surface area (Å²) >= 11 is 0. The Morgan fingerprint density at radius 1 is 1.35 bits per heavy atom. The van der Waals surface area contributed by atoms with Crippen LogP contribution in [0.25, 0.3) is 0 Å². The molecule has 0 spiro atoms. The van der Waals surface area contributed by atoms with Gasteiger partial charge < -0.3 is 10.0 Å². The zero-order chi connectivity index (χ0) is 12.6. The predicted molar refractivity (Wildman–Crippen MR) is 58.9 cm³/mol. The number of para-hydroxylation sites is 2. The van der Waals surface area contributed by atoms with Gasteiger partial charge in [0.15, 0.2) is 0 Å². The van der Waals surface area contributed by atoms with Gasteiger partial charge in [-0.3, -0.25) is 4.79 Å². The maximum atomic E-state index is 12.8. The Bertz CT molecular complexity index is 557. The molecule has 0 radical (unpaired) electrons. The van der Waals surface area contributed by atoms with E-state index in [9.17, 15) is 22.2 Å². The van der Waals surface area contributed by atoms with Crippen LogP contribution in [0.4, 0.5) is 9.57 Å². The molecule has 5 nitrogen and oxygen atoms in total. The molecule has 1 aromatic rings. The number of anilines is 1. The monoisotopic (exact) mass is 259 g/mol. The van der Waals surface area contributed by atoms with Crippen molar-refractivity contribution in [3.8, 4) is 5.75 Å². The van der Waals surface area contributed by atoms with Crippen LogP contribution in [-0.4, -0.2) is 31.2 Å². The molecule has 1 aromatic carbocycles. The summed E-state index contributed by atoms with van der Waals surface area (Å²) in [6.07, 6.45) is -0.396. The molecule has 1 saturated heterocycles. The highest BCUT2D eigenvalue weighted by molar-refractivity contribution is 7.87. The molecule has 0 saturated carbocycles. The molecule has 0 bridgehead atoms. The number of amides is 1. The molecule has 1 unspecified atom stereocenters. The van der Waals surface area contributed by atoms with Crippen LogP contribution in [0.3, 0.4) is 0 Å². The standard InChI is InChI=1S/C10H10FNO4S/c11-17(15,16)7-5-10(14)12(6-7)8-3-1-2-4-9(8)13/h1-4,7,13H,5-6H2. The van der Waals surface area contributed by atoms with Gasteiger partial charge in [0.05, 0.1) is 5.69 Å². The van der Waals surface area contributed by atoms with Gasteiger partial charge in [0.2, 0.25) is 5.91 Å². The van der Waals surface area contributed by atoms with E-state index in [1.165, 1.54) is 12.1 Å². The highest BCUT2D eigenvalue weighted by atomic mass is 32.3. The van der Waals surface area contributed by atoms with Crippen LogP contribution in [0.2, 0.25) is 0 Å². The average Bonchev–Trinajstić information content (AvgIpc) is 2.61. The van der Waals surface area contributed by atoms with Gasteiger partial charge in [0.1, 0.15) is 11.0 Å². The van der Waals surface area contributed by atoms with Crippen LogP contribution in [-0.2, 0) is 15.0 Å². The smallest absolute Gasteiger partial charge is 0.307 e. The molecule has 1 aliphatic heterocycles. The lowest BCUT2D eigenvalue weighted by Gasteiger charge is -2.16. The number of carbonyl (C=O) groups excluding carboxylic acids is 1. The predicted octanol–water partition coefficient (Wildman–Crippen LogP) is 0.797. The Morgan fingerprint density at radius 3 is 2.53 bits per heavy atom. The molecular formula is C10H10FNO4S. The number of hydrogen-bond donors (Lipinski definition) is 1. The van der Waals surface area contributed by atoms with E-state index in [0.717, 1.165) is 4.90 Å². The number of aromatic hydroxyl groups is 1. The van der Waals surface area contributed by atoms with Gasteiger partial charge in [0, 0.05) is 13.0 Å². The first-order valence-electron chi connectivity index (χ1n) is 4.91. The highest BCUT2D eigenvalue weighted by Gasteiger charge is 2.39. The molecule has 2 rings (SSSR count). The molecule has 1 amide bonds. The van der Waals surface area contributed by atoms with E-state index < -0.39 is 27.8 Å². The highest BCUT2D eigenvalue weighted by Crippen LogP contribution is 2.31. The molecule has 1 aliphatic rings. The van der Waals surface area contributed by atoms with Crippen molar-refractivity contribution in [2.75, 3.05) is 11.4 Å². The van der Waals surface area contributed by atoms with E-state index in [2.05, 4.69) is 0 Å². The number of phenols is 1. The number of halogens is 1. The van der Waals surface area contributed by atoms with E-state index in [0.29, 0.717) is 0 Å². The van der Waals surface area contributed by atoms with Gasteiger partial charge in [-0.1, -0.05) is 12.1 Å². The molecule has 1 heterocycles. The van der Waals surface area contributed by atoms with Crippen molar-refractivity contribution in [3.63, 3.8) is 0 Å².